The second-order valence-electron chi connectivity index (χ2n) is 5.52. The zero-order chi connectivity index (χ0) is 14.6. The van der Waals surface area contributed by atoms with Crippen LogP contribution in [0.1, 0.15) is 38.2 Å². The number of carbonyl (C=O) groups is 1. The summed E-state index contributed by atoms with van der Waals surface area (Å²) in [7, 11) is 0. The number of amides is 1. The zero-order valence-electron chi connectivity index (χ0n) is 12.2. The summed E-state index contributed by atoms with van der Waals surface area (Å²) in [6.07, 6.45) is 1.94. The van der Waals surface area contributed by atoms with Crippen molar-refractivity contribution >= 4 is 21.8 Å². The number of nitrogens with two attached hydrogens (primary N) is 1. The summed E-state index contributed by atoms with van der Waals surface area (Å²) in [5.41, 5.74) is 6.42. The van der Waals surface area contributed by atoms with Gasteiger partial charge < -0.3 is 15.2 Å². The SMILES string of the molecule is CCN(CC(C)(C)CN)C(=O)c1cc(Br)cn1CC. The number of carbonyl (C=O) groups excluding carboxylic acids is 1. The van der Waals surface area contributed by atoms with Crippen molar-refractivity contribution in [2.45, 2.75) is 34.2 Å². The Balaban J connectivity index is 2.95. The van der Waals surface area contributed by atoms with Crippen LogP contribution in [-0.2, 0) is 6.54 Å². The molecule has 0 aliphatic rings. The van der Waals surface area contributed by atoms with Crippen molar-refractivity contribution in [1.29, 1.82) is 0 Å². The highest BCUT2D eigenvalue weighted by atomic mass is 79.9. The lowest BCUT2D eigenvalue weighted by molar-refractivity contribution is 0.0690. The molecule has 0 spiro atoms. The smallest absolute Gasteiger partial charge is 0.270 e. The van der Waals surface area contributed by atoms with E-state index in [1.807, 2.05) is 35.6 Å². The first kappa shape index (κ1) is 16.2. The molecule has 0 fully saturated rings. The molecule has 1 amide bonds. The van der Waals surface area contributed by atoms with E-state index in [9.17, 15) is 4.79 Å². The summed E-state index contributed by atoms with van der Waals surface area (Å²) in [6.45, 7) is 10.9. The second kappa shape index (κ2) is 6.57. The van der Waals surface area contributed by atoms with E-state index in [1.165, 1.54) is 0 Å². The number of hydrogen-bond acceptors (Lipinski definition) is 2. The van der Waals surface area contributed by atoms with Gasteiger partial charge in [-0.15, -0.1) is 0 Å². The van der Waals surface area contributed by atoms with Crippen LogP contribution in [0.5, 0.6) is 0 Å². The van der Waals surface area contributed by atoms with E-state index in [0.29, 0.717) is 19.6 Å². The number of nitrogens with zero attached hydrogens (tertiary/aromatic N) is 2. The average Bonchev–Trinajstić information content (AvgIpc) is 2.76. The summed E-state index contributed by atoms with van der Waals surface area (Å²) in [6, 6.07) is 1.88. The van der Waals surface area contributed by atoms with E-state index in [-0.39, 0.29) is 11.3 Å². The highest BCUT2D eigenvalue weighted by molar-refractivity contribution is 9.10. The third kappa shape index (κ3) is 4.08. The Hall–Kier alpha value is -0.810. The lowest BCUT2D eigenvalue weighted by Crippen LogP contribution is -2.42. The zero-order valence-corrected chi connectivity index (χ0v) is 13.8. The molecule has 1 aromatic heterocycles. The Morgan fingerprint density at radius 2 is 2.11 bits per heavy atom. The van der Waals surface area contributed by atoms with Gasteiger partial charge in [0.15, 0.2) is 0 Å². The second-order valence-corrected chi connectivity index (χ2v) is 6.43. The fourth-order valence-corrected chi connectivity index (χ4v) is 2.45. The number of halogens is 1. The third-order valence-electron chi connectivity index (χ3n) is 3.26. The van der Waals surface area contributed by atoms with E-state index in [1.54, 1.807) is 0 Å². The van der Waals surface area contributed by atoms with Crippen LogP contribution >= 0.6 is 15.9 Å². The van der Waals surface area contributed by atoms with E-state index < -0.39 is 0 Å². The van der Waals surface area contributed by atoms with E-state index in [0.717, 1.165) is 16.7 Å². The van der Waals surface area contributed by atoms with Gasteiger partial charge in [-0.1, -0.05) is 13.8 Å². The minimum atomic E-state index is -0.0630. The molecule has 0 unspecified atom stereocenters. The number of hydrogen-bond donors (Lipinski definition) is 1. The van der Waals surface area contributed by atoms with Crippen molar-refractivity contribution < 1.29 is 4.79 Å². The highest BCUT2D eigenvalue weighted by Gasteiger charge is 2.25. The van der Waals surface area contributed by atoms with Gasteiger partial charge >= 0.3 is 0 Å². The van der Waals surface area contributed by atoms with Crippen molar-refractivity contribution in [2.75, 3.05) is 19.6 Å². The fraction of sp³-hybridized carbons (Fsp3) is 0.643. The van der Waals surface area contributed by atoms with Crippen molar-refractivity contribution in [3.63, 3.8) is 0 Å². The molecule has 2 N–H and O–H groups in total. The summed E-state index contributed by atoms with van der Waals surface area (Å²) >= 11 is 3.43. The summed E-state index contributed by atoms with van der Waals surface area (Å²) in [4.78, 5) is 14.5. The van der Waals surface area contributed by atoms with Gasteiger partial charge in [0.25, 0.3) is 5.91 Å². The van der Waals surface area contributed by atoms with Crippen LogP contribution < -0.4 is 5.73 Å². The molecule has 0 bridgehead atoms. The van der Waals surface area contributed by atoms with Gasteiger partial charge in [-0.25, -0.2) is 0 Å². The Bertz CT molecular complexity index is 440. The number of aromatic nitrogens is 1. The molecule has 0 atom stereocenters. The van der Waals surface area contributed by atoms with Gasteiger partial charge in [0.1, 0.15) is 5.69 Å². The van der Waals surface area contributed by atoms with Crippen LogP contribution in [0.3, 0.4) is 0 Å². The first-order valence-corrected chi connectivity index (χ1v) is 7.49. The molecule has 0 saturated carbocycles. The minimum absolute atomic E-state index is 0.0630. The number of rotatable bonds is 6. The summed E-state index contributed by atoms with van der Waals surface area (Å²) in [5, 5.41) is 0. The molecule has 0 saturated heterocycles. The van der Waals surface area contributed by atoms with Gasteiger partial charge in [0.2, 0.25) is 0 Å². The fourth-order valence-electron chi connectivity index (χ4n) is 1.99. The quantitative estimate of drug-likeness (QED) is 0.872. The average molecular weight is 330 g/mol. The standard InChI is InChI=1S/C14H24BrN3O/c1-5-17-8-11(15)7-12(17)13(19)18(6-2)10-14(3,4)9-16/h7-8H,5-6,9-10,16H2,1-4H3. The first-order chi connectivity index (χ1) is 8.84. The van der Waals surface area contributed by atoms with Crippen LogP contribution in [0.25, 0.3) is 0 Å². The Morgan fingerprint density at radius 3 is 2.58 bits per heavy atom. The predicted octanol–water partition coefficient (Wildman–Crippen LogP) is 2.72. The maximum atomic E-state index is 12.6. The molecule has 1 aromatic rings. The van der Waals surface area contributed by atoms with Gasteiger partial charge in [-0.3, -0.25) is 4.79 Å². The van der Waals surface area contributed by atoms with E-state index in [2.05, 4.69) is 29.8 Å². The maximum absolute atomic E-state index is 12.6. The van der Waals surface area contributed by atoms with Gasteiger partial charge in [0, 0.05) is 30.3 Å². The van der Waals surface area contributed by atoms with E-state index >= 15 is 0 Å². The maximum Gasteiger partial charge on any atom is 0.270 e. The molecule has 0 aromatic carbocycles. The molecule has 5 heteroatoms. The molecule has 108 valence electrons. The largest absolute Gasteiger partial charge is 0.343 e. The van der Waals surface area contributed by atoms with Crippen LogP contribution in [0.15, 0.2) is 16.7 Å². The van der Waals surface area contributed by atoms with Crippen molar-refractivity contribution in [3.05, 3.63) is 22.4 Å². The van der Waals surface area contributed by atoms with Crippen LogP contribution in [0.2, 0.25) is 0 Å². The van der Waals surface area contributed by atoms with E-state index in [4.69, 9.17) is 5.73 Å². The Labute approximate surface area is 124 Å². The Morgan fingerprint density at radius 1 is 1.47 bits per heavy atom. The molecule has 4 nitrogen and oxygen atoms in total. The normalized spacial score (nSPS) is 11.7. The first-order valence-electron chi connectivity index (χ1n) is 6.69. The molecule has 0 aliphatic heterocycles. The van der Waals surface area contributed by atoms with Crippen LogP contribution in [0, 0.1) is 5.41 Å². The van der Waals surface area contributed by atoms with Crippen LogP contribution in [-0.4, -0.2) is 35.0 Å². The highest BCUT2D eigenvalue weighted by Crippen LogP contribution is 2.20. The molecule has 0 aliphatic carbocycles. The Kier molecular flexibility index (Phi) is 5.62. The van der Waals surface area contributed by atoms with Crippen molar-refractivity contribution in [1.82, 2.24) is 9.47 Å². The monoisotopic (exact) mass is 329 g/mol. The summed E-state index contributed by atoms with van der Waals surface area (Å²) < 4.78 is 2.90. The number of aryl methyl sites for hydroxylation is 1. The van der Waals surface area contributed by atoms with Crippen LogP contribution in [0.4, 0.5) is 0 Å². The van der Waals surface area contributed by atoms with Gasteiger partial charge in [-0.2, -0.15) is 0 Å². The molecule has 1 heterocycles. The molecule has 0 radical (unpaired) electrons. The predicted molar refractivity (Wildman–Crippen MR) is 82.2 cm³/mol. The summed E-state index contributed by atoms with van der Waals surface area (Å²) in [5.74, 6) is 0.0663. The molecule has 1 rings (SSSR count). The lowest BCUT2D eigenvalue weighted by Gasteiger charge is -2.31. The third-order valence-corrected chi connectivity index (χ3v) is 3.70. The minimum Gasteiger partial charge on any atom is -0.343 e. The molecule has 19 heavy (non-hydrogen) atoms. The topological polar surface area (TPSA) is 51.3 Å². The van der Waals surface area contributed by atoms with Gasteiger partial charge in [-0.05, 0) is 47.8 Å². The molecular formula is C14H24BrN3O. The lowest BCUT2D eigenvalue weighted by atomic mass is 9.93. The molecular weight excluding hydrogens is 306 g/mol. The van der Waals surface area contributed by atoms with Crippen molar-refractivity contribution in [2.24, 2.45) is 11.1 Å². The van der Waals surface area contributed by atoms with Gasteiger partial charge in [0.05, 0.1) is 0 Å². The van der Waals surface area contributed by atoms with Crippen molar-refractivity contribution in [3.8, 4) is 0 Å².